The van der Waals surface area contributed by atoms with Crippen LogP contribution in [-0.2, 0) is 11.3 Å². The van der Waals surface area contributed by atoms with Crippen LogP contribution in [0.25, 0.3) is 0 Å². The van der Waals surface area contributed by atoms with Gasteiger partial charge in [-0.15, -0.1) is 0 Å². The maximum absolute atomic E-state index is 13.9. The quantitative estimate of drug-likeness (QED) is 0.761. The normalized spacial score (nSPS) is 15.6. The van der Waals surface area contributed by atoms with Gasteiger partial charge < -0.3 is 4.74 Å². The molecule has 0 bridgehead atoms. The minimum atomic E-state index is -0.512. The first kappa shape index (κ1) is 16.3. The van der Waals surface area contributed by atoms with Crippen molar-refractivity contribution >= 4 is 21.7 Å². The Balaban J connectivity index is 1.72. The third-order valence-electron chi connectivity index (χ3n) is 3.90. The second-order valence-electron chi connectivity index (χ2n) is 5.54. The van der Waals surface area contributed by atoms with Crippen molar-refractivity contribution in [3.63, 3.8) is 0 Å². The number of morpholine rings is 1. The summed E-state index contributed by atoms with van der Waals surface area (Å²) in [6, 6.07) is 11.9. The van der Waals surface area contributed by atoms with Crippen molar-refractivity contribution in [2.45, 2.75) is 6.54 Å². The van der Waals surface area contributed by atoms with Crippen LogP contribution in [0.1, 0.15) is 21.5 Å². The van der Waals surface area contributed by atoms with Gasteiger partial charge in [0.2, 0.25) is 0 Å². The summed E-state index contributed by atoms with van der Waals surface area (Å²) >= 11 is 3.19. The largest absolute Gasteiger partial charge is 0.379 e. The van der Waals surface area contributed by atoms with Crippen molar-refractivity contribution in [1.82, 2.24) is 4.90 Å². The number of rotatable bonds is 4. The average Bonchev–Trinajstić information content (AvgIpc) is 2.56. The molecule has 3 nitrogen and oxygen atoms in total. The summed E-state index contributed by atoms with van der Waals surface area (Å²) < 4.78 is 19.9. The van der Waals surface area contributed by atoms with Crippen molar-refractivity contribution in [3.05, 3.63) is 69.4 Å². The molecule has 3 rings (SSSR count). The highest BCUT2D eigenvalue weighted by atomic mass is 79.9. The van der Waals surface area contributed by atoms with Crippen LogP contribution in [0.2, 0.25) is 0 Å². The van der Waals surface area contributed by atoms with Crippen molar-refractivity contribution in [2.24, 2.45) is 0 Å². The SMILES string of the molecule is O=C(c1ccc(CN2CCOCC2)cc1)c1ccc(Br)cc1F. The molecule has 0 atom stereocenters. The lowest BCUT2D eigenvalue weighted by atomic mass is 10.0. The first-order chi connectivity index (χ1) is 11.1. The van der Waals surface area contributed by atoms with E-state index in [2.05, 4.69) is 20.8 Å². The van der Waals surface area contributed by atoms with Crippen molar-refractivity contribution in [2.75, 3.05) is 26.3 Å². The van der Waals surface area contributed by atoms with E-state index in [-0.39, 0.29) is 11.3 Å². The topological polar surface area (TPSA) is 29.5 Å². The summed E-state index contributed by atoms with van der Waals surface area (Å²) in [6.45, 7) is 4.21. The highest BCUT2D eigenvalue weighted by Crippen LogP contribution is 2.19. The number of carbonyl (C=O) groups excluding carboxylic acids is 1. The fourth-order valence-corrected chi connectivity index (χ4v) is 2.94. The monoisotopic (exact) mass is 377 g/mol. The molecule has 0 radical (unpaired) electrons. The van der Waals surface area contributed by atoms with Crippen molar-refractivity contribution in [3.8, 4) is 0 Å². The maximum atomic E-state index is 13.9. The first-order valence-electron chi connectivity index (χ1n) is 7.52. The summed E-state index contributed by atoms with van der Waals surface area (Å²) in [6.07, 6.45) is 0. The van der Waals surface area contributed by atoms with Gasteiger partial charge in [0.15, 0.2) is 5.78 Å². The molecule has 0 aliphatic carbocycles. The second-order valence-corrected chi connectivity index (χ2v) is 6.45. The van der Waals surface area contributed by atoms with Gasteiger partial charge >= 0.3 is 0 Å². The molecule has 2 aromatic rings. The minimum Gasteiger partial charge on any atom is -0.379 e. The Morgan fingerprint density at radius 1 is 1.13 bits per heavy atom. The Hall–Kier alpha value is -1.56. The van der Waals surface area contributed by atoms with Gasteiger partial charge in [0.05, 0.1) is 18.8 Å². The summed E-state index contributed by atoms with van der Waals surface area (Å²) in [5.74, 6) is -0.810. The van der Waals surface area contributed by atoms with E-state index in [1.54, 1.807) is 18.2 Å². The lowest BCUT2D eigenvalue weighted by Crippen LogP contribution is -2.35. The molecule has 1 heterocycles. The average molecular weight is 378 g/mol. The molecule has 2 aromatic carbocycles. The molecule has 0 amide bonds. The maximum Gasteiger partial charge on any atom is 0.195 e. The minimum absolute atomic E-state index is 0.0918. The van der Waals surface area contributed by atoms with E-state index in [1.165, 1.54) is 12.1 Å². The van der Waals surface area contributed by atoms with Gasteiger partial charge in [-0.25, -0.2) is 4.39 Å². The van der Waals surface area contributed by atoms with Crippen LogP contribution in [0.15, 0.2) is 46.9 Å². The Morgan fingerprint density at radius 3 is 2.48 bits per heavy atom. The molecule has 1 aliphatic heterocycles. The molecule has 1 aliphatic rings. The van der Waals surface area contributed by atoms with Crippen LogP contribution in [0.3, 0.4) is 0 Å². The predicted octanol–water partition coefficient (Wildman–Crippen LogP) is 3.65. The van der Waals surface area contributed by atoms with Crippen LogP contribution in [0.5, 0.6) is 0 Å². The number of hydrogen-bond acceptors (Lipinski definition) is 3. The van der Waals surface area contributed by atoms with Gasteiger partial charge in [0, 0.05) is 29.7 Å². The van der Waals surface area contributed by atoms with Gasteiger partial charge in [-0.2, -0.15) is 0 Å². The summed E-state index contributed by atoms with van der Waals surface area (Å²) in [5, 5.41) is 0. The summed E-state index contributed by atoms with van der Waals surface area (Å²) in [4.78, 5) is 14.7. The molecule has 0 spiro atoms. The molecule has 5 heteroatoms. The molecule has 1 saturated heterocycles. The van der Waals surface area contributed by atoms with Gasteiger partial charge in [-0.1, -0.05) is 40.2 Å². The van der Waals surface area contributed by atoms with E-state index in [1.807, 2.05) is 12.1 Å². The Bertz CT molecular complexity index is 697. The summed E-state index contributed by atoms with van der Waals surface area (Å²) in [7, 11) is 0. The van der Waals surface area contributed by atoms with Crippen LogP contribution < -0.4 is 0 Å². The number of nitrogens with zero attached hydrogens (tertiary/aromatic N) is 1. The zero-order valence-corrected chi connectivity index (χ0v) is 14.2. The molecule has 23 heavy (non-hydrogen) atoms. The highest BCUT2D eigenvalue weighted by Gasteiger charge is 2.15. The third kappa shape index (κ3) is 4.05. The van der Waals surface area contributed by atoms with E-state index >= 15 is 0 Å². The smallest absolute Gasteiger partial charge is 0.195 e. The van der Waals surface area contributed by atoms with E-state index in [0.29, 0.717) is 10.0 Å². The summed E-state index contributed by atoms with van der Waals surface area (Å²) in [5.41, 5.74) is 1.73. The van der Waals surface area contributed by atoms with E-state index in [9.17, 15) is 9.18 Å². The number of benzene rings is 2. The van der Waals surface area contributed by atoms with Crippen LogP contribution in [-0.4, -0.2) is 37.0 Å². The van der Waals surface area contributed by atoms with E-state index in [0.717, 1.165) is 38.4 Å². The standard InChI is InChI=1S/C18H17BrFNO2/c19-15-5-6-16(17(20)11-15)18(22)14-3-1-13(2-4-14)12-21-7-9-23-10-8-21/h1-6,11H,7-10,12H2. The van der Waals surface area contributed by atoms with Gasteiger partial charge in [-0.3, -0.25) is 9.69 Å². The number of carbonyl (C=O) groups is 1. The van der Waals surface area contributed by atoms with Crippen molar-refractivity contribution in [1.29, 1.82) is 0 Å². The molecular formula is C18H17BrFNO2. The molecule has 0 unspecified atom stereocenters. The number of halogens is 2. The number of ether oxygens (including phenoxy) is 1. The zero-order valence-electron chi connectivity index (χ0n) is 12.6. The first-order valence-corrected chi connectivity index (χ1v) is 8.31. The van der Waals surface area contributed by atoms with E-state index in [4.69, 9.17) is 4.74 Å². The zero-order chi connectivity index (χ0) is 16.2. The fourth-order valence-electron chi connectivity index (χ4n) is 2.61. The lowest BCUT2D eigenvalue weighted by Gasteiger charge is -2.26. The Morgan fingerprint density at radius 2 is 1.83 bits per heavy atom. The molecule has 0 aromatic heterocycles. The van der Waals surface area contributed by atoms with Crippen LogP contribution in [0.4, 0.5) is 4.39 Å². The van der Waals surface area contributed by atoms with Crippen LogP contribution in [0, 0.1) is 5.82 Å². The molecule has 0 saturated carbocycles. The van der Waals surface area contributed by atoms with Crippen LogP contribution >= 0.6 is 15.9 Å². The Kier molecular flexibility index (Phi) is 5.20. The molecule has 0 N–H and O–H groups in total. The van der Waals surface area contributed by atoms with Crippen molar-refractivity contribution < 1.29 is 13.9 Å². The van der Waals surface area contributed by atoms with Gasteiger partial charge in [-0.05, 0) is 23.8 Å². The third-order valence-corrected chi connectivity index (χ3v) is 4.40. The van der Waals surface area contributed by atoms with Gasteiger partial charge in [0.1, 0.15) is 5.82 Å². The molecular weight excluding hydrogens is 361 g/mol. The Labute approximate surface area is 143 Å². The predicted molar refractivity (Wildman–Crippen MR) is 90.1 cm³/mol. The number of hydrogen-bond donors (Lipinski definition) is 0. The lowest BCUT2D eigenvalue weighted by molar-refractivity contribution is 0.0342. The number of ketones is 1. The highest BCUT2D eigenvalue weighted by molar-refractivity contribution is 9.10. The second kappa shape index (κ2) is 7.34. The van der Waals surface area contributed by atoms with Gasteiger partial charge in [0.25, 0.3) is 0 Å². The molecule has 120 valence electrons. The fraction of sp³-hybridized carbons (Fsp3) is 0.278. The van der Waals surface area contributed by atoms with E-state index < -0.39 is 5.82 Å². The molecule has 1 fully saturated rings.